The minimum absolute atomic E-state index is 0.0628. The molecule has 3 aliphatic rings. The number of ether oxygens (including phenoxy) is 1. The summed E-state index contributed by atoms with van der Waals surface area (Å²) in [6.07, 6.45) is -1.31. The van der Waals surface area contributed by atoms with Crippen LogP contribution in [-0.4, -0.2) is 23.1 Å². The summed E-state index contributed by atoms with van der Waals surface area (Å²) in [5.41, 5.74) is 1.49. The van der Waals surface area contributed by atoms with Crippen LogP contribution in [-0.2, 0) is 21.4 Å². The predicted molar refractivity (Wildman–Crippen MR) is 174 cm³/mol. The van der Waals surface area contributed by atoms with Gasteiger partial charge in [-0.3, -0.25) is 19.2 Å². The number of aryl methyl sites for hydroxylation is 1. The van der Waals surface area contributed by atoms with E-state index in [9.17, 15) is 32.3 Å². The highest BCUT2D eigenvalue weighted by Gasteiger charge is 2.40. The molecule has 0 saturated heterocycles. The largest absolute Gasteiger partial charge is 0.480 e. The van der Waals surface area contributed by atoms with E-state index in [1.807, 2.05) is 39.0 Å². The van der Waals surface area contributed by atoms with Crippen LogP contribution in [0.3, 0.4) is 0 Å². The Morgan fingerprint density at radius 3 is 1.96 bits per heavy atom. The number of fused-ring (bicyclic) bond motifs is 7. The maximum Gasteiger partial charge on any atom is 0.416 e. The van der Waals surface area contributed by atoms with Crippen molar-refractivity contribution in [3.05, 3.63) is 97.2 Å². The number of allylic oxidation sites excluding steroid dienone is 2. The predicted octanol–water partition coefficient (Wildman–Crippen LogP) is 9.26. The lowest BCUT2D eigenvalue weighted by molar-refractivity contribution is -0.137. The smallest absolute Gasteiger partial charge is 0.416 e. The van der Waals surface area contributed by atoms with Gasteiger partial charge in [0.25, 0.3) is 0 Å². The molecule has 4 heterocycles. The van der Waals surface area contributed by atoms with Crippen molar-refractivity contribution in [2.45, 2.75) is 32.5 Å². The maximum atomic E-state index is 13.3. The van der Waals surface area contributed by atoms with Gasteiger partial charge in [0.05, 0.1) is 24.7 Å². The Bertz CT molecular complexity index is 2340. The lowest BCUT2D eigenvalue weighted by atomic mass is 9.95. The number of carbonyl (C=O) groups is 4. The van der Waals surface area contributed by atoms with E-state index in [0.717, 1.165) is 47.3 Å². The second-order valence-electron chi connectivity index (χ2n) is 11.8. The first-order valence-electron chi connectivity index (χ1n) is 14.1. The molecule has 0 amide bonds. The van der Waals surface area contributed by atoms with Gasteiger partial charge in [-0.1, -0.05) is 23.8 Å². The van der Waals surface area contributed by atoms with Gasteiger partial charge >= 0.3 is 6.18 Å². The molecular formula is C35H19F3O5S3. The zero-order chi connectivity index (χ0) is 32.4. The van der Waals surface area contributed by atoms with E-state index in [1.54, 1.807) is 24.3 Å². The molecule has 11 heteroatoms. The number of hydrogen-bond acceptors (Lipinski definition) is 8. The van der Waals surface area contributed by atoms with Crippen LogP contribution in [0.1, 0.15) is 72.1 Å². The number of ketones is 4. The van der Waals surface area contributed by atoms with Crippen LogP contribution in [0.25, 0.3) is 42.5 Å². The van der Waals surface area contributed by atoms with Crippen LogP contribution in [0.2, 0.25) is 0 Å². The molecule has 0 atom stereocenters. The average Bonchev–Trinajstić information content (AvgIpc) is 3.77. The first-order chi connectivity index (χ1) is 21.7. The Labute approximate surface area is 271 Å². The first-order valence-corrected chi connectivity index (χ1v) is 16.5. The summed E-state index contributed by atoms with van der Waals surface area (Å²) >= 11 is 4.41. The Kier molecular flexibility index (Phi) is 6.01. The van der Waals surface area contributed by atoms with Gasteiger partial charge in [0.2, 0.25) is 23.1 Å². The SMILES string of the molecule is Cc1ccc2c(c1)C(=O)C(=O)/C2=C\c1cc2sc3c(c2s1)OC(C)(C)c1cc(/C=C2\C(=O)C(=O)c4cc(C(F)(F)F)ccc42)sc1-3. The molecule has 2 aromatic carbocycles. The van der Waals surface area contributed by atoms with Gasteiger partial charge in [-0.05, 0) is 74.4 Å². The molecule has 1 aliphatic heterocycles. The third kappa shape index (κ3) is 4.18. The molecule has 0 bridgehead atoms. The third-order valence-electron chi connectivity index (χ3n) is 8.37. The molecule has 0 unspecified atom stereocenters. The van der Waals surface area contributed by atoms with Gasteiger partial charge in [0, 0.05) is 37.6 Å². The molecule has 0 N–H and O–H groups in total. The first kappa shape index (κ1) is 29.0. The normalized spacial score (nSPS) is 18.4. The number of benzene rings is 2. The molecule has 0 spiro atoms. The fraction of sp³-hybridized carbons (Fsp3) is 0.143. The van der Waals surface area contributed by atoms with Gasteiger partial charge in [0.1, 0.15) is 5.60 Å². The zero-order valence-corrected chi connectivity index (χ0v) is 26.6. The van der Waals surface area contributed by atoms with Crippen LogP contribution in [0.5, 0.6) is 5.75 Å². The number of Topliss-reactive ketones (excluding diaryl/α,β-unsaturated/α-hetero) is 4. The van der Waals surface area contributed by atoms with Gasteiger partial charge in [-0.25, -0.2) is 0 Å². The van der Waals surface area contributed by atoms with Crippen molar-refractivity contribution >= 4 is 89.8 Å². The Hall–Kier alpha value is -4.45. The summed E-state index contributed by atoms with van der Waals surface area (Å²) in [6, 6.07) is 12.1. The van der Waals surface area contributed by atoms with Gasteiger partial charge in [-0.15, -0.1) is 34.0 Å². The van der Waals surface area contributed by atoms with Crippen molar-refractivity contribution in [3.8, 4) is 15.5 Å². The summed E-state index contributed by atoms with van der Waals surface area (Å²) in [4.78, 5) is 54.3. The molecule has 46 heavy (non-hydrogen) atoms. The number of halogens is 3. The number of carbonyl (C=O) groups excluding carboxylic acids is 4. The molecule has 0 saturated carbocycles. The van der Waals surface area contributed by atoms with Crippen molar-refractivity contribution in [1.29, 1.82) is 0 Å². The maximum absolute atomic E-state index is 13.3. The molecule has 0 radical (unpaired) electrons. The number of thiophene rings is 3. The average molecular weight is 673 g/mol. The Balaban J connectivity index is 1.19. The summed E-state index contributed by atoms with van der Waals surface area (Å²) in [5, 5.41) is 0. The summed E-state index contributed by atoms with van der Waals surface area (Å²) < 4.78 is 48.2. The molecule has 8 rings (SSSR count). The van der Waals surface area contributed by atoms with Gasteiger partial charge in [0.15, 0.2) is 5.75 Å². The van der Waals surface area contributed by atoms with Gasteiger partial charge in [-0.2, -0.15) is 13.2 Å². The fourth-order valence-corrected chi connectivity index (χ4v) is 9.98. The minimum atomic E-state index is -4.63. The Morgan fingerprint density at radius 2 is 1.30 bits per heavy atom. The Morgan fingerprint density at radius 1 is 0.696 bits per heavy atom. The summed E-state index contributed by atoms with van der Waals surface area (Å²) in [6.45, 7) is 5.73. The van der Waals surface area contributed by atoms with E-state index in [4.69, 9.17) is 4.74 Å². The standard InChI is InChI=1S/C35H19F3O5S3/c1-14-4-6-18-20(8-14)26(39)28(41)23(18)11-17-13-25-32(45-17)30-33(46-25)31-24(34(2,3)43-30)12-16(44-31)10-22-19-7-5-15(35(36,37)38)9-21(19)27(40)29(22)42/h4-13H,1-3H3/b22-10-,23-11-. The fourth-order valence-electron chi connectivity index (χ4n) is 6.14. The molecule has 2 aliphatic carbocycles. The van der Waals surface area contributed by atoms with E-state index in [1.165, 1.54) is 40.1 Å². The van der Waals surface area contributed by atoms with Crippen LogP contribution < -0.4 is 4.74 Å². The highest BCUT2D eigenvalue weighted by Crippen LogP contribution is 2.57. The summed E-state index contributed by atoms with van der Waals surface area (Å²) in [5.74, 6) is -2.11. The van der Waals surface area contributed by atoms with Crippen LogP contribution >= 0.6 is 34.0 Å². The minimum Gasteiger partial charge on any atom is -0.480 e. The third-order valence-corrected chi connectivity index (χ3v) is 11.9. The number of alkyl halides is 3. The van der Waals surface area contributed by atoms with E-state index in [-0.39, 0.29) is 16.7 Å². The number of hydrogen-bond donors (Lipinski definition) is 0. The molecule has 5 nitrogen and oxygen atoms in total. The van der Waals surface area contributed by atoms with Crippen molar-refractivity contribution in [3.63, 3.8) is 0 Å². The molecule has 5 aromatic rings. The highest BCUT2D eigenvalue weighted by atomic mass is 32.1. The molecule has 228 valence electrons. The lowest BCUT2D eigenvalue weighted by Gasteiger charge is -2.31. The van der Waals surface area contributed by atoms with E-state index in [0.29, 0.717) is 27.3 Å². The van der Waals surface area contributed by atoms with Crippen LogP contribution in [0.4, 0.5) is 13.2 Å². The topological polar surface area (TPSA) is 77.5 Å². The zero-order valence-electron chi connectivity index (χ0n) is 24.2. The number of rotatable bonds is 2. The summed E-state index contributed by atoms with van der Waals surface area (Å²) in [7, 11) is 0. The molecule has 0 fully saturated rings. The monoisotopic (exact) mass is 672 g/mol. The second-order valence-corrected chi connectivity index (χ2v) is 15.1. The van der Waals surface area contributed by atoms with Crippen molar-refractivity contribution in [2.75, 3.05) is 0 Å². The van der Waals surface area contributed by atoms with E-state index in [2.05, 4.69) is 0 Å². The molecule has 3 aromatic heterocycles. The van der Waals surface area contributed by atoms with Gasteiger partial charge < -0.3 is 4.74 Å². The lowest BCUT2D eigenvalue weighted by Crippen LogP contribution is -2.27. The molecular weight excluding hydrogens is 654 g/mol. The quantitative estimate of drug-likeness (QED) is 0.138. The van der Waals surface area contributed by atoms with E-state index >= 15 is 0 Å². The highest BCUT2D eigenvalue weighted by molar-refractivity contribution is 7.32. The second kappa shape index (κ2) is 9.54. The van der Waals surface area contributed by atoms with Crippen LogP contribution in [0.15, 0.2) is 48.5 Å². The van der Waals surface area contributed by atoms with Crippen molar-refractivity contribution in [2.24, 2.45) is 0 Å². The van der Waals surface area contributed by atoms with Crippen LogP contribution in [0, 0.1) is 6.92 Å². The van der Waals surface area contributed by atoms with Crippen molar-refractivity contribution in [1.82, 2.24) is 0 Å². The van der Waals surface area contributed by atoms with Crippen molar-refractivity contribution < 1.29 is 37.1 Å². The van der Waals surface area contributed by atoms with E-state index < -0.39 is 40.5 Å².